The molecule has 0 amide bonds. The molecule has 0 aromatic heterocycles. The average Bonchev–Trinajstić information content (AvgIpc) is 2.67. The van der Waals surface area contributed by atoms with Gasteiger partial charge in [-0.1, -0.05) is 64.8 Å². The molecule has 3 fully saturated rings. The Morgan fingerprint density at radius 1 is 0.839 bits per heavy atom. The van der Waals surface area contributed by atoms with Crippen molar-refractivity contribution in [3.05, 3.63) is 23.3 Å². The van der Waals surface area contributed by atoms with Crippen LogP contribution < -0.4 is 0 Å². The quantitative estimate of drug-likeness (QED) is 0.359. The van der Waals surface area contributed by atoms with Crippen LogP contribution in [0.1, 0.15) is 113 Å². The first kappa shape index (κ1) is 22.0. The van der Waals surface area contributed by atoms with Crippen LogP contribution >= 0.6 is 0 Å². The van der Waals surface area contributed by atoms with Crippen molar-refractivity contribution in [3.63, 3.8) is 0 Å². The number of hydrogen-bond donors (Lipinski definition) is 0. The zero-order chi connectivity index (χ0) is 22.7. The summed E-state index contributed by atoms with van der Waals surface area (Å²) < 4.78 is 0. The first-order valence-electron chi connectivity index (χ1n) is 13.1. The van der Waals surface area contributed by atoms with E-state index in [-0.39, 0.29) is 10.8 Å². The van der Waals surface area contributed by atoms with Crippen molar-refractivity contribution < 1.29 is 4.79 Å². The number of carbonyl (C=O) groups is 1. The van der Waals surface area contributed by atoms with Crippen LogP contribution in [0.4, 0.5) is 0 Å². The largest absolute Gasteiger partial charge is 0.299 e. The molecule has 1 heteroatoms. The molecule has 6 atom stereocenters. The predicted molar refractivity (Wildman–Crippen MR) is 130 cm³/mol. The summed E-state index contributed by atoms with van der Waals surface area (Å²) in [5.41, 5.74) is 4.76. The van der Waals surface area contributed by atoms with Crippen molar-refractivity contribution in [2.24, 2.45) is 44.3 Å². The second-order valence-electron chi connectivity index (χ2n) is 14.6. The first-order valence-corrected chi connectivity index (χ1v) is 13.1. The van der Waals surface area contributed by atoms with Gasteiger partial charge in [-0.05, 0) is 104 Å². The molecule has 5 aliphatic rings. The molecule has 3 saturated carbocycles. The Kier molecular flexibility index (Phi) is 4.38. The Balaban J connectivity index is 1.60. The smallest absolute Gasteiger partial charge is 0.142 e. The minimum atomic E-state index is -0.280. The molecule has 31 heavy (non-hydrogen) atoms. The fourth-order valence-corrected chi connectivity index (χ4v) is 9.60. The molecule has 5 rings (SSSR count). The number of fused-ring (bicyclic) bond motifs is 7. The van der Waals surface area contributed by atoms with E-state index in [0.29, 0.717) is 33.4 Å². The summed E-state index contributed by atoms with van der Waals surface area (Å²) in [6.45, 7) is 19.8. The number of hydrogen-bond acceptors (Lipinski definition) is 1. The lowest BCUT2D eigenvalue weighted by atomic mass is 9.35. The van der Waals surface area contributed by atoms with Crippen molar-refractivity contribution in [3.8, 4) is 0 Å². The fraction of sp³-hybridized carbons (Fsp3) is 0.833. The first-order chi connectivity index (χ1) is 14.2. The minimum Gasteiger partial charge on any atom is -0.299 e. The van der Waals surface area contributed by atoms with Crippen molar-refractivity contribution in [1.82, 2.24) is 0 Å². The number of carbonyl (C=O) groups excluding carboxylic acids is 1. The van der Waals surface area contributed by atoms with Gasteiger partial charge in [0.25, 0.3) is 0 Å². The van der Waals surface area contributed by atoms with Crippen LogP contribution in [-0.2, 0) is 4.79 Å². The fourth-order valence-electron chi connectivity index (χ4n) is 9.60. The maximum absolute atomic E-state index is 12.8. The summed E-state index contributed by atoms with van der Waals surface area (Å²) in [7, 11) is 0. The van der Waals surface area contributed by atoms with E-state index in [1.165, 1.54) is 44.1 Å². The summed E-state index contributed by atoms with van der Waals surface area (Å²) >= 11 is 0. The Hall–Kier alpha value is -0.850. The van der Waals surface area contributed by atoms with E-state index in [0.717, 1.165) is 25.2 Å². The summed E-state index contributed by atoms with van der Waals surface area (Å²) in [6.07, 6.45) is 16.4. The van der Waals surface area contributed by atoms with E-state index in [1.807, 2.05) is 5.57 Å². The van der Waals surface area contributed by atoms with Gasteiger partial charge in [0, 0.05) is 11.8 Å². The Bertz CT molecular complexity index is 886. The van der Waals surface area contributed by atoms with Crippen LogP contribution in [0.5, 0.6) is 0 Å². The van der Waals surface area contributed by atoms with E-state index in [1.54, 1.807) is 0 Å². The highest BCUT2D eigenvalue weighted by atomic mass is 16.1. The molecule has 0 bridgehead atoms. The van der Waals surface area contributed by atoms with Gasteiger partial charge >= 0.3 is 0 Å². The maximum atomic E-state index is 12.8. The molecular weight excluding hydrogens is 376 g/mol. The van der Waals surface area contributed by atoms with Crippen molar-refractivity contribution >= 4 is 5.78 Å². The SMILES string of the molecule is CC1(C)CCC2(C)CCC3(C)C(=CCC4C5(C)CCC(=O)C(C)(C)C5=CCC43C)C2C1. The summed E-state index contributed by atoms with van der Waals surface area (Å²) in [6, 6.07) is 0. The van der Waals surface area contributed by atoms with Crippen LogP contribution in [0.3, 0.4) is 0 Å². The third-order valence-corrected chi connectivity index (χ3v) is 12.1. The third kappa shape index (κ3) is 2.64. The van der Waals surface area contributed by atoms with E-state index >= 15 is 0 Å². The lowest BCUT2D eigenvalue weighted by molar-refractivity contribution is -0.136. The molecule has 0 spiro atoms. The molecule has 172 valence electrons. The van der Waals surface area contributed by atoms with E-state index in [9.17, 15) is 4.79 Å². The van der Waals surface area contributed by atoms with E-state index < -0.39 is 0 Å². The number of Topliss-reactive ketones (excluding diaryl/α,β-unsaturated/α-hetero) is 1. The molecule has 0 aromatic rings. The number of allylic oxidation sites excluding steroid dienone is 4. The summed E-state index contributed by atoms with van der Waals surface area (Å²) in [5, 5.41) is 0. The summed E-state index contributed by atoms with van der Waals surface area (Å²) in [4.78, 5) is 12.8. The predicted octanol–water partition coefficient (Wildman–Crippen LogP) is 8.30. The zero-order valence-corrected chi connectivity index (χ0v) is 21.6. The van der Waals surface area contributed by atoms with Crippen LogP contribution in [-0.4, -0.2) is 5.78 Å². The molecular formula is C30H46O. The Morgan fingerprint density at radius 2 is 1.52 bits per heavy atom. The van der Waals surface area contributed by atoms with Gasteiger partial charge in [-0.3, -0.25) is 4.79 Å². The normalized spacial score (nSPS) is 50.3. The number of rotatable bonds is 0. The third-order valence-electron chi connectivity index (χ3n) is 12.1. The molecule has 0 N–H and O–H groups in total. The van der Waals surface area contributed by atoms with Gasteiger partial charge in [0.05, 0.1) is 0 Å². The second-order valence-corrected chi connectivity index (χ2v) is 14.6. The molecule has 0 radical (unpaired) electrons. The highest BCUT2D eigenvalue weighted by Crippen LogP contribution is 2.74. The average molecular weight is 423 g/mol. The van der Waals surface area contributed by atoms with E-state index in [2.05, 4.69) is 67.5 Å². The highest BCUT2D eigenvalue weighted by molar-refractivity contribution is 5.89. The summed E-state index contributed by atoms with van der Waals surface area (Å²) in [5.74, 6) is 1.87. The van der Waals surface area contributed by atoms with Crippen LogP contribution in [0.15, 0.2) is 23.3 Å². The van der Waals surface area contributed by atoms with Gasteiger partial charge in [-0.2, -0.15) is 0 Å². The van der Waals surface area contributed by atoms with E-state index in [4.69, 9.17) is 0 Å². The van der Waals surface area contributed by atoms with Crippen LogP contribution in [0.2, 0.25) is 0 Å². The monoisotopic (exact) mass is 422 g/mol. The lowest BCUT2D eigenvalue weighted by Gasteiger charge is -2.68. The van der Waals surface area contributed by atoms with Crippen LogP contribution in [0, 0.1) is 44.3 Å². The molecule has 0 aromatic carbocycles. The standard InChI is InChI=1S/C30H46O/c1-25(2)15-16-27(5)17-18-29(7)20(21(27)19-25)9-10-23-28(6)13-12-24(31)26(3,4)22(28)11-14-30(23,29)8/h9,11,21,23H,10,12-19H2,1-8H3. The van der Waals surface area contributed by atoms with Gasteiger partial charge in [-0.15, -0.1) is 0 Å². The zero-order valence-electron chi connectivity index (χ0n) is 21.6. The van der Waals surface area contributed by atoms with Crippen molar-refractivity contribution in [1.29, 1.82) is 0 Å². The molecule has 0 aliphatic heterocycles. The van der Waals surface area contributed by atoms with Gasteiger partial charge in [0.2, 0.25) is 0 Å². The Labute approximate surface area is 191 Å². The lowest BCUT2D eigenvalue weighted by Crippen LogP contribution is -2.61. The van der Waals surface area contributed by atoms with Crippen molar-refractivity contribution in [2.75, 3.05) is 0 Å². The second kappa shape index (κ2) is 6.18. The Morgan fingerprint density at radius 3 is 2.23 bits per heavy atom. The van der Waals surface area contributed by atoms with Gasteiger partial charge in [-0.25, -0.2) is 0 Å². The molecule has 0 saturated heterocycles. The molecule has 0 heterocycles. The van der Waals surface area contributed by atoms with Crippen LogP contribution in [0.25, 0.3) is 0 Å². The topological polar surface area (TPSA) is 17.1 Å². The van der Waals surface area contributed by atoms with Gasteiger partial charge in [0.15, 0.2) is 0 Å². The van der Waals surface area contributed by atoms with Crippen molar-refractivity contribution in [2.45, 2.75) is 113 Å². The van der Waals surface area contributed by atoms with Gasteiger partial charge in [0.1, 0.15) is 5.78 Å². The molecule has 5 aliphatic carbocycles. The molecule has 1 nitrogen and oxygen atoms in total. The van der Waals surface area contributed by atoms with Gasteiger partial charge < -0.3 is 0 Å². The highest BCUT2D eigenvalue weighted by Gasteiger charge is 2.65. The minimum absolute atomic E-state index is 0.169. The maximum Gasteiger partial charge on any atom is 0.142 e. The molecule has 6 unspecified atom stereocenters. The number of ketones is 1.